The molecule has 0 aliphatic carbocycles. The quantitative estimate of drug-likeness (QED) is 0.439. The highest BCUT2D eigenvalue weighted by molar-refractivity contribution is 8.00. The number of hydrogen-bond donors (Lipinski definition) is 1. The summed E-state index contributed by atoms with van der Waals surface area (Å²) < 4.78 is 40.6. The molecule has 1 N–H and O–H groups in total. The van der Waals surface area contributed by atoms with E-state index in [0.29, 0.717) is 12.1 Å². The maximum absolute atomic E-state index is 13.0. The number of nitrogens with zero attached hydrogens (tertiary/aromatic N) is 2. The second-order valence-corrected chi connectivity index (χ2v) is 7.86. The Morgan fingerprint density at radius 1 is 1.07 bits per heavy atom. The highest BCUT2D eigenvalue weighted by Crippen LogP contribution is 2.37. The summed E-state index contributed by atoms with van der Waals surface area (Å²) in [7, 11) is 0. The maximum Gasteiger partial charge on any atom is 0.417 e. The average Bonchev–Trinajstić information content (AvgIpc) is 2.68. The van der Waals surface area contributed by atoms with Gasteiger partial charge >= 0.3 is 12.1 Å². The molecule has 156 valence electrons. The predicted molar refractivity (Wildman–Crippen MR) is 111 cm³/mol. The summed E-state index contributed by atoms with van der Waals surface area (Å²) >= 11 is 7.41. The number of anilines is 1. The van der Waals surface area contributed by atoms with E-state index in [2.05, 4.69) is 4.98 Å². The zero-order valence-corrected chi connectivity index (χ0v) is 17.0. The second kappa shape index (κ2) is 9.40. The van der Waals surface area contributed by atoms with E-state index in [1.165, 1.54) is 11.9 Å². The third kappa shape index (κ3) is 5.90. The van der Waals surface area contributed by atoms with Gasteiger partial charge in [-0.15, -0.1) is 0 Å². The molecule has 0 fully saturated rings. The molecular weight excluding hydrogens is 437 g/mol. The molecule has 0 radical (unpaired) electrons. The van der Waals surface area contributed by atoms with Crippen LogP contribution >= 0.6 is 23.5 Å². The van der Waals surface area contributed by atoms with Crippen LogP contribution in [0.5, 0.6) is 0 Å². The zero-order valence-electron chi connectivity index (χ0n) is 15.4. The summed E-state index contributed by atoms with van der Waals surface area (Å²) in [6, 6.07) is 17.1. The van der Waals surface area contributed by atoms with Crippen LogP contribution in [0.4, 0.5) is 19.0 Å². The third-order valence-corrected chi connectivity index (χ3v) is 5.33. The molecule has 1 aromatic heterocycles. The van der Waals surface area contributed by atoms with Crippen molar-refractivity contribution in [3.8, 4) is 0 Å². The van der Waals surface area contributed by atoms with Gasteiger partial charge in [0.15, 0.2) is 5.82 Å². The Hall–Kier alpha value is -2.71. The fraction of sp³-hybridized carbons (Fsp3) is 0.143. The molecule has 0 aliphatic heterocycles. The first-order chi connectivity index (χ1) is 14.2. The van der Waals surface area contributed by atoms with Gasteiger partial charge in [-0.2, -0.15) is 13.2 Å². The molecule has 1 heterocycles. The van der Waals surface area contributed by atoms with Crippen molar-refractivity contribution >= 4 is 35.3 Å². The summed E-state index contributed by atoms with van der Waals surface area (Å²) in [6.45, 7) is 0.348. The third-order valence-electron chi connectivity index (χ3n) is 4.05. The predicted octanol–water partition coefficient (Wildman–Crippen LogP) is 6.09. The first-order valence-electron chi connectivity index (χ1n) is 8.75. The fourth-order valence-electron chi connectivity index (χ4n) is 2.64. The molecule has 2 aromatic carbocycles. The minimum absolute atomic E-state index is 0.0923. The van der Waals surface area contributed by atoms with Crippen molar-refractivity contribution in [3.05, 3.63) is 88.6 Å². The lowest BCUT2D eigenvalue weighted by Gasteiger charge is -2.24. The highest BCUT2D eigenvalue weighted by Gasteiger charge is 2.32. The normalized spacial score (nSPS) is 11.3. The first kappa shape index (κ1) is 22.0. The molecule has 30 heavy (non-hydrogen) atoms. The molecule has 0 saturated carbocycles. The Balaban J connectivity index is 1.90. The minimum Gasteiger partial charge on any atom is -0.481 e. The van der Waals surface area contributed by atoms with Gasteiger partial charge in [0.2, 0.25) is 0 Å². The molecule has 0 bridgehead atoms. The van der Waals surface area contributed by atoms with Crippen molar-refractivity contribution in [3.63, 3.8) is 0 Å². The standard InChI is InChI=1S/C21H16ClF3N2O2S/c22-18-11-16(21(23,24)25)12-26-20(18)27(13-15-4-2-1-3-5-15)30-17-8-6-14(7-9-17)10-19(28)29/h1-9,11-12H,10,13H2,(H,28,29). The molecule has 9 heteroatoms. The number of carboxylic acids is 1. The van der Waals surface area contributed by atoms with Crippen LogP contribution in [0.3, 0.4) is 0 Å². The van der Waals surface area contributed by atoms with Crippen LogP contribution in [0.1, 0.15) is 16.7 Å². The van der Waals surface area contributed by atoms with Crippen LogP contribution in [-0.2, 0) is 23.9 Å². The number of aromatic nitrogens is 1. The lowest BCUT2D eigenvalue weighted by atomic mass is 10.2. The van der Waals surface area contributed by atoms with Crippen LogP contribution in [-0.4, -0.2) is 16.1 Å². The summed E-state index contributed by atoms with van der Waals surface area (Å²) in [5.74, 6) is -0.727. The largest absolute Gasteiger partial charge is 0.481 e. The molecule has 0 saturated heterocycles. The summed E-state index contributed by atoms with van der Waals surface area (Å²) in [6.07, 6.45) is -3.87. The van der Waals surface area contributed by atoms with Crippen LogP contribution in [0, 0.1) is 0 Å². The zero-order chi connectivity index (χ0) is 21.7. The van der Waals surface area contributed by atoms with Gasteiger partial charge in [0.25, 0.3) is 0 Å². The number of pyridine rings is 1. The number of alkyl halides is 3. The molecule has 3 aromatic rings. The summed E-state index contributed by atoms with van der Waals surface area (Å²) in [5.41, 5.74) is 0.649. The summed E-state index contributed by atoms with van der Waals surface area (Å²) in [5, 5.41) is 8.77. The molecule has 0 spiro atoms. The average molecular weight is 453 g/mol. The fourth-order valence-corrected chi connectivity index (χ4v) is 3.92. The van der Waals surface area contributed by atoms with E-state index >= 15 is 0 Å². The van der Waals surface area contributed by atoms with Crippen molar-refractivity contribution in [1.82, 2.24) is 4.98 Å². The van der Waals surface area contributed by atoms with Gasteiger partial charge in [0, 0.05) is 11.1 Å². The van der Waals surface area contributed by atoms with E-state index in [9.17, 15) is 18.0 Å². The van der Waals surface area contributed by atoms with E-state index in [-0.39, 0.29) is 17.3 Å². The first-order valence-corrected chi connectivity index (χ1v) is 9.90. The molecule has 0 atom stereocenters. The van der Waals surface area contributed by atoms with Crippen molar-refractivity contribution < 1.29 is 23.1 Å². The number of hydrogen-bond acceptors (Lipinski definition) is 4. The minimum atomic E-state index is -4.54. The molecule has 3 rings (SSSR count). The van der Waals surface area contributed by atoms with Crippen molar-refractivity contribution in [2.75, 3.05) is 4.31 Å². The Morgan fingerprint density at radius 3 is 2.30 bits per heavy atom. The number of carboxylic acid groups (broad SMARTS) is 1. The smallest absolute Gasteiger partial charge is 0.417 e. The van der Waals surface area contributed by atoms with Crippen LogP contribution in [0.25, 0.3) is 0 Å². The highest BCUT2D eigenvalue weighted by atomic mass is 35.5. The SMILES string of the molecule is O=C(O)Cc1ccc(SN(Cc2ccccc2)c2ncc(C(F)(F)F)cc2Cl)cc1. The Kier molecular flexibility index (Phi) is 6.89. The Labute approximate surface area is 180 Å². The summed E-state index contributed by atoms with van der Waals surface area (Å²) in [4.78, 5) is 15.6. The number of halogens is 4. The molecule has 4 nitrogen and oxygen atoms in total. The van der Waals surface area contributed by atoms with E-state index in [1.807, 2.05) is 30.3 Å². The van der Waals surface area contributed by atoms with Crippen LogP contribution in [0.15, 0.2) is 71.8 Å². The number of carbonyl (C=O) groups is 1. The van der Waals surface area contributed by atoms with Gasteiger partial charge < -0.3 is 5.11 Å². The number of benzene rings is 2. The lowest BCUT2D eigenvalue weighted by molar-refractivity contribution is -0.138. The van der Waals surface area contributed by atoms with Gasteiger partial charge in [-0.3, -0.25) is 9.10 Å². The van der Waals surface area contributed by atoms with E-state index in [1.54, 1.807) is 28.6 Å². The van der Waals surface area contributed by atoms with Crippen molar-refractivity contribution in [1.29, 1.82) is 0 Å². The molecule has 0 amide bonds. The van der Waals surface area contributed by atoms with Gasteiger partial charge in [0.1, 0.15) is 0 Å². The Bertz CT molecular complexity index is 1020. The van der Waals surface area contributed by atoms with Gasteiger partial charge in [0.05, 0.1) is 23.6 Å². The lowest BCUT2D eigenvalue weighted by Crippen LogP contribution is -2.16. The van der Waals surface area contributed by atoms with Gasteiger partial charge in [-0.05, 0) is 41.3 Å². The maximum atomic E-state index is 13.0. The van der Waals surface area contributed by atoms with E-state index in [0.717, 1.165) is 22.7 Å². The van der Waals surface area contributed by atoms with Crippen molar-refractivity contribution in [2.45, 2.75) is 24.0 Å². The monoisotopic (exact) mass is 452 g/mol. The van der Waals surface area contributed by atoms with Gasteiger partial charge in [-0.1, -0.05) is 54.1 Å². The topological polar surface area (TPSA) is 53.4 Å². The molecular formula is C21H16ClF3N2O2S. The van der Waals surface area contributed by atoms with Crippen LogP contribution in [0.2, 0.25) is 5.02 Å². The number of aliphatic carboxylic acids is 1. The van der Waals surface area contributed by atoms with Crippen LogP contribution < -0.4 is 4.31 Å². The van der Waals surface area contributed by atoms with E-state index < -0.39 is 17.7 Å². The van der Waals surface area contributed by atoms with Crippen molar-refractivity contribution in [2.24, 2.45) is 0 Å². The van der Waals surface area contributed by atoms with Gasteiger partial charge in [-0.25, -0.2) is 4.98 Å². The second-order valence-electron chi connectivity index (χ2n) is 6.36. The molecule has 0 unspecified atom stereocenters. The van der Waals surface area contributed by atoms with E-state index in [4.69, 9.17) is 16.7 Å². The Morgan fingerprint density at radius 2 is 1.73 bits per heavy atom. The number of rotatable bonds is 7. The molecule has 0 aliphatic rings.